The number of rotatable bonds is 50. The van der Waals surface area contributed by atoms with Gasteiger partial charge in [-0.25, -0.2) is 4.79 Å². The van der Waals surface area contributed by atoms with Gasteiger partial charge in [0.05, 0.1) is 31.5 Å². The molecule has 0 radical (unpaired) electrons. The molecule has 0 bridgehead atoms. The van der Waals surface area contributed by atoms with Crippen LogP contribution in [-0.2, 0) is 57.1 Å². The maximum Gasteiger partial charge on any atom is 0.508 e. The molecular formula is C62H111NO13. The Hall–Kier alpha value is -3.49. The molecule has 0 N–H and O–H groups in total. The molecular weight excluding hydrogens is 967 g/mol. The average Bonchev–Trinajstić information content (AvgIpc) is 3.42. The second kappa shape index (κ2) is 49.8. The summed E-state index contributed by atoms with van der Waals surface area (Å²) >= 11 is 0. The summed E-state index contributed by atoms with van der Waals surface area (Å²) in [6, 6.07) is 0. The van der Waals surface area contributed by atoms with Crippen LogP contribution >= 0.6 is 0 Å². The third-order valence-corrected chi connectivity index (χ3v) is 14.0. The highest BCUT2D eigenvalue weighted by atomic mass is 16.7. The minimum absolute atomic E-state index is 0.000721. The number of esters is 4. The Balaban J connectivity index is 2.93. The van der Waals surface area contributed by atoms with Crippen molar-refractivity contribution in [1.29, 1.82) is 0 Å². The molecule has 1 saturated heterocycles. The van der Waals surface area contributed by atoms with E-state index in [1.165, 1.54) is 6.42 Å². The highest BCUT2D eigenvalue weighted by Crippen LogP contribution is 2.22. The van der Waals surface area contributed by atoms with Crippen LogP contribution in [-0.4, -0.2) is 106 Å². The van der Waals surface area contributed by atoms with Crippen molar-refractivity contribution in [3.05, 3.63) is 24.3 Å². The summed E-state index contributed by atoms with van der Waals surface area (Å²) in [7, 11) is 0. The Labute approximate surface area is 462 Å². The van der Waals surface area contributed by atoms with E-state index in [9.17, 15) is 24.0 Å². The summed E-state index contributed by atoms with van der Waals surface area (Å²) in [5.74, 6) is -2.18. The van der Waals surface area contributed by atoms with Crippen LogP contribution in [0, 0.1) is 17.8 Å². The van der Waals surface area contributed by atoms with Crippen LogP contribution in [0.2, 0.25) is 0 Å². The second-order valence-electron chi connectivity index (χ2n) is 21.1. The van der Waals surface area contributed by atoms with E-state index in [0.717, 1.165) is 167 Å². The van der Waals surface area contributed by atoms with Gasteiger partial charge in [0.1, 0.15) is 12.7 Å². The van der Waals surface area contributed by atoms with Gasteiger partial charge in [-0.05, 0) is 122 Å². The Morgan fingerprint density at radius 3 is 1.75 bits per heavy atom. The first kappa shape index (κ1) is 70.5. The summed E-state index contributed by atoms with van der Waals surface area (Å²) < 4.78 is 46.7. The number of carbonyl (C=O) groups excluding carboxylic acids is 5. The lowest BCUT2D eigenvalue weighted by Crippen LogP contribution is -2.37. The number of carbonyl (C=O) groups is 5. The van der Waals surface area contributed by atoms with Gasteiger partial charge in [-0.2, -0.15) is 0 Å². The maximum atomic E-state index is 13.5. The van der Waals surface area contributed by atoms with E-state index in [0.29, 0.717) is 45.7 Å². The molecule has 14 nitrogen and oxygen atoms in total. The Morgan fingerprint density at radius 1 is 0.539 bits per heavy atom. The molecule has 1 heterocycles. The van der Waals surface area contributed by atoms with Crippen LogP contribution in [0.4, 0.5) is 4.79 Å². The van der Waals surface area contributed by atoms with Gasteiger partial charge in [-0.15, -0.1) is 0 Å². The number of piperidine rings is 1. The maximum absolute atomic E-state index is 13.5. The van der Waals surface area contributed by atoms with Gasteiger partial charge in [0.25, 0.3) is 6.29 Å². The van der Waals surface area contributed by atoms with Gasteiger partial charge in [0, 0.05) is 44.9 Å². The van der Waals surface area contributed by atoms with E-state index in [-0.39, 0.29) is 56.5 Å². The number of hydrogen-bond donors (Lipinski definition) is 0. The van der Waals surface area contributed by atoms with Crippen molar-refractivity contribution in [2.24, 2.45) is 17.8 Å². The first-order valence-corrected chi connectivity index (χ1v) is 30.8. The molecule has 0 aliphatic carbocycles. The van der Waals surface area contributed by atoms with Crippen LogP contribution < -0.4 is 0 Å². The lowest BCUT2D eigenvalue weighted by Gasteiger charge is -2.31. The quantitative estimate of drug-likeness (QED) is 0.0186. The highest BCUT2D eigenvalue weighted by molar-refractivity contribution is 5.72. The summed E-state index contributed by atoms with van der Waals surface area (Å²) in [4.78, 5) is 68.3. The molecule has 1 aliphatic heterocycles. The van der Waals surface area contributed by atoms with Crippen molar-refractivity contribution >= 4 is 30.0 Å². The van der Waals surface area contributed by atoms with E-state index < -0.39 is 48.7 Å². The Morgan fingerprint density at radius 2 is 1.12 bits per heavy atom. The standard InChI is InChI=1S/C62H111NO13/c1-8-14-19-23-26-32-46-69-59(70-47-33-27-24-20-15-9-2)44-43-58(66)76-61(75-57(65)40-31-25-28-34-48-71-60(67)54(37-18-12-5)38-29-21-16-10-3)52(7)50-72-56(64)42-41-55(39-30-22-17-11-4)74-62(68)73-51-53-36-35-45-63(13-6)49-53/h14-15,19-20,52-55,59,61H,8-13,16-18,21-51H2,1-7H3/b19-14-,20-15-. The Kier molecular flexibility index (Phi) is 46.2. The van der Waals surface area contributed by atoms with Gasteiger partial charge >= 0.3 is 30.0 Å². The monoisotopic (exact) mass is 1080 g/mol. The minimum Gasteiger partial charge on any atom is -0.465 e. The number of nitrogens with zero attached hydrogens (tertiary/aromatic N) is 1. The molecule has 442 valence electrons. The van der Waals surface area contributed by atoms with Gasteiger partial charge in [0.2, 0.25) is 0 Å². The van der Waals surface area contributed by atoms with Crippen molar-refractivity contribution in [3.63, 3.8) is 0 Å². The van der Waals surface area contributed by atoms with Gasteiger partial charge in [-0.1, -0.05) is 143 Å². The average molecular weight is 1080 g/mol. The summed E-state index contributed by atoms with van der Waals surface area (Å²) in [5, 5.41) is 0. The first-order valence-electron chi connectivity index (χ1n) is 30.8. The molecule has 0 spiro atoms. The molecule has 5 atom stereocenters. The van der Waals surface area contributed by atoms with Crippen LogP contribution in [0.5, 0.6) is 0 Å². The van der Waals surface area contributed by atoms with E-state index in [4.69, 9.17) is 37.9 Å². The largest absolute Gasteiger partial charge is 0.508 e. The predicted molar refractivity (Wildman–Crippen MR) is 302 cm³/mol. The van der Waals surface area contributed by atoms with Crippen LogP contribution in [0.3, 0.4) is 0 Å². The molecule has 5 unspecified atom stereocenters. The van der Waals surface area contributed by atoms with Crippen LogP contribution in [0.1, 0.15) is 254 Å². The molecule has 0 aromatic heterocycles. The molecule has 1 fully saturated rings. The third kappa shape index (κ3) is 39.8. The molecule has 14 heteroatoms. The van der Waals surface area contributed by atoms with Crippen LogP contribution in [0.25, 0.3) is 0 Å². The summed E-state index contributed by atoms with van der Waals surface area (Å²) in [6.07, 6.45) is 31.6. The lowest BCUT2D eigenvalue weighted by molar-refractivity contribution is -0.202. The van der Waals surface area contributed by atoms with Gasteiger partial charge in [0.15, 0.2) is 6.29 Å². The number of hydrogen-bond acceptors (Lipinski definition) is 14. The van der Waals surface area contributed by atoms with Gasteiger partial charge in [-0.3, -0.25) is 19.2 Å². The molecule has 1 rings (SSSR count). The lowest BCUT2D eigenvalue weighted by atomic mass is 9.95. The van der Waals surface area contributed by atoms with E-state index in [1.807, 2.05) is 0 Å². The second-order valence-corrected chi connectivity index (χ2v) is 21.1. The van der Waals surface area contributed by atoms with Crippen LogP contribution in [0.15, 0.2) is 24.3 Å². The molecule has 0 aromatic rings. The summed E-state index contributed by atoms with van der Waals surface area (Å²) in [5.41, 5.74) is 0. The molecule has 0 saturated carbocycles. The third-order valence-electron chi connectivity index (χ3n) is 14.0. The highest BCUT2D eigenvalue weighted by Gasteiger charge is 2.29. The number of allylic oxidation sites excluding steroid dienone is 4. The first-order chi connectivity index (χ1) is 37.0. The molecule has 76 heavy (non-hydrogen) atoms. The number of unbranched alkanes of at least 4 members (excludes halogenated alkanes) is 14. The number of likely N-dealkylation sites (tertiary alicyclic amines) is 1. The topological polar surface area (TPSA) is 162 Å². The van der Waals surface area contributed by atoms with E-state index in [2.05, 4.69) is 70.7 Å². The van der Waals surface area contributed by atoms with E-state index >= 15 is 0 Å². The zero-order valence-electron chi connectivity index (χ0n) is 49.3. The predicted octanol–water partition coefficient (Wildman–Crippen LogP) is 15.3. The minimum atomic E-state index is -1.31. The number of ether oxygens (including phenoxy) is 8. The normalized spacial score (nSPS) is 15.7. The molecule has 0 amide bonds. The zero-order valence-corrected chi connectivity index (χ0v) is 49.3. The van der Waals surface area contributed by atoms with Gasteiger partial charge < -0.3 is 42.8 Å². The molecule has 1 aliphatic rings. The van der Waals surface area contributed by atoms with Crippen molar-refractivity contribution in [3.8, 4) is 0 Å². The van der Waals surface area contributed by atoms with E-state index in [1.54, 1.807) is 6.92 Å². The Bertz CT molecular complexity index is 1480. The SMILES string of the molecule is CC/C=C\CCCCOC(CCC(=O)OC(OC(=O)CCCCCCOC(=O)C(CCCC)CCCCCC)C(C)COC(=O)CCC(CCCCCC)OC(=O)OCC1CCCN(CC)C1)OCCCC/C=C\CC. The molecule has 0 aromatic carbocycles. The summed E-state index contributed by atoms with van der Waals surface area (Å²) in [6.45, 7) is 19.0. The smallest absolute Gasteiger partial charge is 0.465 e. The van der Waals surface area contributed by atoms with Crippen molar-refractivity contribution in [2.75, 3.05) is 52.7 Å². The van der Waals surface area contributed by atoms with Crippen molar-refractivity contribution < 1.29 is 61.9 Å². The fourth-order valence-electron chi connectivity index (χ4n) is 9.12. The zero-order chi connectivity index (χ0) is 55.7. The van der Waals surface area contributed by atoms with Crippen molar-refractivity contribution in [2.45, 2.75) is 273 Å². The fraction of sp³-hybridized carbons (Fsp3) is 0.855. The van der Waals surface area contributed by atoms with Crippen molar-refractivity contribution in [1.82, 2.24) is 4.90 Å². The fourth-order valence-corrected chi connectivity index (χ4v) is 9.12.